The van der Waals surface area contributed by atoms with Crippen molar-refractivity contribution in [1.29, 1.82) is 0 Å². The van der Waals surface area contributed by atoms with Crippen LogP contribution in [0.15, 0.2) is 54.6 Å². The molecule has 1 saturated heterocycles. The number of hydrogen-bond donors (Lipinski definition) is 0. The summed E-state index contributed by atoms with van der Waals surface area (Å²) in [4.78, 5) is 16.6. The van der Waals surface area contributed by atoms with E-state index in [1.165, 1.54) is 5.56 Å². The van der Waals surface area contributed by atoms with Gasteiger partial charge in [-0.3, -0.25) is 9.69 Å². The fourth-order valence-electron chi connectivity index (χ4n) is 3.06. The Labute approximate surface area is 167 Å². The molecule has 0 unspecified atom stereocenters. The second-order valence-corrected chi connectivity index (χ2v) is 6.42. The predicted molar refractivity (Wildman–Crippen MR) is 109 cm³/mol. The van der Waals surface area contributed by atoms with E-state index < -0.39 is 0 Å². The van der Waals surface area contributed by atoms with Gasteiger partial charge in [-0.1, -0.05) is 30.3 Å². The zero-order valence-electron chi connectivity index (χ0n) is 15.7. The summed E-state index contributed by atoms with van der Waals surface area (Å²) in [5.74, 6) is 1.50. The minimum absolute atomic E-state index is 0. The van der Waals surface area contributed by atoms with E-state index in [0.717, 1.165) is 44.9 Å². The maximum atomic E-state index is 12.3. The molecule has 27 heavy (non-hydrogen) atoms. The van der Waals surface area contributed by atoms with Gasteiger partial charge < -0.3 is 14.4 Å². The first kappa shape index (κ1) is 21.1. The topological polar surface area (TPSA) is 42.0 Å². The SMILES string of the molecule is COc1ccc(OCC(=O)N2CCN(CCc3ccccc3)CC2)cc1.Cl. The summed E-state index contributed by atoms with van der Waals surface area (Å²) in [5, 5.41) is 0. The molecule has 0 atom stereocenters. The van der Waals surface area contributed by atoms with E-state index in [2.05, 4.69) is 29.2 Å². The van der Waals surface area contributed by atoms with Gasteiger partial charge in [0.1, 0.15) is 11.5 Å². The van der Waals surface area contributed by atoms with Gasteiger partial charge in [-0.2, -0.15) is 0 Å². The Kier molecular flexibility index (Phi) is 8.43. The number of piperazine rings is 1. The molecule has 2 aromatic carbocycles. The summed E-state index contributed by atoms with van der Waals surface area (Å²) in [6.45, 7) is 4.48. The highest BCUT2D eigenvalue weighted by molar-refractivity contribution is 5.85. The van der Waals surface area contributed by atoms with Gasteiger partial charge >= 0.3 is 0 Å². The molecule has 1 aliphatic rings. The Morgan fingerprint density at radius 2 is 1.56 bits per heavy atom. The molecule has 0 aromatic heterocycles. The second kappa shape index (κ2) is 10.8. The Morgan fingerprint density at radius 1 is 0.926 bits per heavy atom. The molecule has 1 amide bonds. The van der Waals surface area contributed by atoms with Crippen molar-refractivity contribution >= 4 is 18.3 Å². The molecule has 3 rings (SSSR count). The molecule has 2 aromatic rings. The van der Waals surface area contributed by atoms with E-state index in [-0.39, 0.29) is 24.9 Å². The first-order chi connectivity index (χ1) is 12.7. The second-order valence-electron chi connectivity index (χ2n) is 6.42. The third kappa shape index (κ3) is 6.45. The van der Waals surface area contributed by atoms with Crippen LogP contribution in [0.3, 0.4) is 0 Å². The standard InChI is InChI=1S/C21H26N2O3.ClH/c1-25-19-7-9-20(10-8-19)26-17-21(24)23-15-13-22(14-16-23)12-11-18-5-3-2-4-6-18;/h2-10H,11-17H2,1H3;1H. The molecule has 1 heterocycles. The molecule has 0 saturated carbocycles. The van der Waals surface area contributed by atoms with Crippen molar-refractivity contribution < 1.29 is 14.3 Å². The Morgan fingerprint density at radius 3 is 2.19 bits per heavy atom. The number of hydrogen-bond acceptors (Lipinski definition) is 4. The largest absolute Gasteiger partial charge is 0.497 e. The summed E-state index contributed by atoms with van der Waals surface area (Å²) in [5.41, 5.74) is 1.36. The third-order valence-corrected chi connectivity index (χ3v) is 4.71. The van der Waals surface area contributed by atoms with Crippen LogP contribution in [-0.4, -0.2) is 62.1 Å². The zero-order chi connectivity index (χ0) is 18.2. The number of rotatable bonds is 7. The van der Waals surface area contributed by atoms with Gasteiger partial charge in [0.25, 0.3) is 5.91 Å². The molecular formula is C21H27ClN2O3. The van der Waals surface area contributed by atoms with E-state index in [1.807, 2.05) is 35.2 Å². The van der Waals surface area contributed by atoms with Crippen molar-refractivity contribution in [2.75, 3.05) is 46.4 Å². The van der Waals surface area contributed by atoms with Gasteiger partial charge in [0.05, 0.1) is 7.11 Å². The summed E-state index contributed by atoms with van der Waals surface area (Å²) in [6.07, 6.45) is 1.05. The number of ether oxygens (including phenoxy) is 2. The number of carbonyl (C=O) groups excluding carboxylic acids is 1. The fourth-order valence-corrected chi connectivity index (χ4v) is 3.06. The lowest BCUT2D eigenvalue weighted by molar-refractivity contribution is -0.135. The van der Waals surface area contributed by atoms with E-state index in [4.69, 9.17) is 9.47 Å². The fraction of sp³-hybridized carbons (Fsp3) is 0.381. The first-order valence-electron chi connectivity index (χ1n) is 9.05. The van der Waals surface area contributed by atoms with E-state index in [0.29, 0.717) is 5.75 Å². The maximum Gasteiger partial charge on any atom is 0.260 e. The molecule has 146 valence electrons. The number of benzene rings is 2. The molecule has 6 heteroatoms. The highest BCUT2D eigenvalue weighted by Crippen LogP contribution is 2.17. The van der Waals surface area contributed by atoms with Crippen LogP contribution in [0, 0.1) is 0 Å². The smallest absolute Gasteiger partial charge is 0.260 e. The normalized spacial score (nSPS) is 14.3. The number of carbonyl (C=O) groups is 1. The average Bonchev–Trinajstić information content (AvgIpc) is 2.72. The van der Waals surface area contributed by atoms with Crippen molar-refractivity contribution in [3.8, 4) is 11.5 Å². The Balaban J connectivity index is 0.00000261. The Hall–Kier alpha value is -2.24. The molecule has 1 fully saturated rings. The maximum absolute atomic E-state index is 12.3. The number of nitrogens with zero attached hydrogens (tertiary/aromatic N) is 2. The van der Waals surface area contributed by atoms with Crippen molar-refractivity contribution in [2.24, 2.45) is 0 Å². The summed E-state index contributed by atoms with van der Waals surface area (Å²) in [7, 11) is 1.62. The number of methoxy groups -OCH3 is 1. The average molecular weight is 391 g/mol. The number of amides is 1. The molecule has 1 aliphatic heterocycles. The lowest BCUT2D eigenvalue weighted by atomic mass is 10.1. The van der Waals surface area contributed by atoms with Crippen LogP contribution in [0.1, 0.15) is 5.56 Å². The monoisotopic (exact) mass is 390 g/mol. The van der Waals surface area contributed by atoms with Crippen molar-refractivity contribution in [2.45, 2.75) is 6.42 Å². The molecule has 0 spiro atoms. The number of halogens is 1. The molecule has 0 aliphatic carbocycles. The van der Waals surface area contributed by atoms with E-state index >= 15 is 0 Å². The van der Waals surface area contributed by atoms with Crippen LogP contribution < -0.4 is 9.47 Å². The molecule has 0 radical (unpaired) electrons. The highest BCUT2D eigenvalue weighted by Gasteiger charge is 2.21. The quantitative estimate of drug-likeness (QED) is 0.729. The lowest BCUT2D eigenvalue weighted by Gasteiger charge is -2.34. The minimum Gasteiger partial charge on any atom is -0.497 e. The van der Waals surface area contributed by atoms with Gasteiger partial charge in [-0.25, -0.2) is 0 Å². The van der Waals surface area contributed by atoms with E-state index in [9.17, 15) is 4.79 Å². The molecule has 0 bridgehead atoms. The van der Waals surface area contributed by atoms with Gasteiger partial charge in [0.15, 0.2) is 6.61 Å². The van der Waals surface area contributed by atoms with Crippen LogP contribution in [-0.2, 0) is 11.2 Å². The van der Waals surface area contributed by atoms with Gasteiger partial charge in [-0.15, -0.1) is 12.4 Å². The van der Waals surface area contributed by atoms with Crippen LogP contribution >= 0.6 is 12.4 Å². The van der Waals surface area contributed by atoms with Crippen molar-refractivity contribution in [1.82, 2.24) is 9.80 Å². The first-order valence-corrected chi connectivity index (χ1v) is 9.05. The van der Waals surface area contributed by atoms with Gasteiger partial charge in [0, 0.05) is 32.7 Å². The van der Waals surface area contributed by atoms with Crippen LogP contribution in [0.2, 0.25) is 0 Å². The predicted octanol–water partition coefficient (Wildman–Crippen LogP) is 2.88. The minimum atomic E-state index is 0. The van der Waals surface area contributed by atoms with Crippen LogP contribution in [0.4, 0.5) is 0 Å². The van der Waals surface area contributed by atoms with Crippen molar-refractivity contribution in [3.05, 3.63) is 60.2 Å². The highest BCUT2D eigenvalue weighted by atomic mass is 35.5. The van der Waals surface area contributed by atoms with Crippen LogP contribution in [0.25, 0.3) is 0 Å². The van der Waals surface area contributed by atoms with Gasteiger partial charge in [-0.05, 0) is 36.2 Å². The lowest BCUT2D eigenvalue weighted by Crippen LogP contribution is -2.50. The van der Waals surface area contributed by atoms with Crippen molar-refractivity contribution in [3.63, 3.8) is 0 Å². The summed E-state index contributed by atoms with van der Waals surface area (Å²) < 4.78 is 10.7. The Bertz CT molecular complexity index is 686. The molecular weight excluding hydrogens is 364 g/mol. The summed E-state index contributed by atoms with van der Waals surface area (Å²) >= 11 is 0. The van der Waals surface area contributed by atoms with Gasteiger partial charge in [0.2, 0.25) is 0 Å². The summed E-state index contributed by atoms with van der Waals surface area (Å²) in [6, 6.07) is 17.8. The molecule has 5 nitrogen and oxygen atoms in total. The molecule has 0 N–H and O–H groups in total. The van der Waals surface area contributed by atoms with E-state index in [1.54, 1.807) is 7.11 Å². The third-order valence-electron chi connectivity index (χ3n) is 4.71. The zero-order valence-corrected chi connectivity index (χ0v) is 16.5. The van der Waals surface area contributed by atoms with Crippen LogP contribution in [0.5, 0.6) is 11.5 Å².